The zero-order valence-corrected chi connectivity index (χ0v) is 18.5. The van der Waals surface area contributed by atoms with Gasteiger partial charge in [-0.3, -0.25) is 15.1 Å². The monoisotopic (exact) mass is 502 g/mol. The molecule has 186 valence electrons. The standard InChI is InChI=1S/C22H17F3N6O5/c1-2-35-20(33)18-19(32)30-14-9-13(22(23,24)25)16(10-15(14)29-18)31-8-7-27-17(31)11-36-21(34)28-12-3-5-26-6-4-12/h3-10H,2,11H2,1H3,(H,30,32)(H,26,28,34). The van der Waals surface area contributed by atoms with Crippen LogP contribution >= 0.6 is 0 Å². The summed E-state index contributed by atoms with van der Waals surface area (Å²) in [5, 5.41) is 2.45. The number of pyridine rings is 1. The van der Waals surface area contributed by atoms with E-state index in [2.05, 4.69) is 25.3 Å². The molecule has 1 amide bonds. The van der Waals surface area contributed by atoms with Gasteiger partial charge in [-0.1, -0.05) is 0 Å². The van der Waals surface area contributed by atoms with Crippen LogP contribution < -0.4 is 10.9 Å². The third kappa shape index (κ3) is 5.16. The molecule has 0 fully saturated rings. The number of benzene rings is 1. The number of halogens is 3. The van der Waals surface area contributed by atoms with Crippen LogP contribution in [0.1, 0.15) is 28.8 Å². The van der Waals surface area contributed by atoms with E-state index in [4.69, 9.17) is 9.47 Å². The lowest BCUT2D eigenvalue weighted by Crippen LogP contribution is -2.22. The van der Waals surface area contributed by atoms with Crippen LogP contribution in [0.4, 0.5) is 23.7 Å². The molecule has 0 bridgehead atoms. The van der Waals surface area contributed by atoms with Crippen molar-refractivity contribution in [2.75, 3.05) is 11.9 Å². The maximum absolute atomic E-state index is 13.9. The van der Waals surface area contributed by atoms with Crippen molar-refractivity contribution in [3.8, 4) is 5.69 Å². The largest absolute Gasteiger partial charge is 0.461 e. The Bertz CT molecular complexity index is 1480. The fourth-order valence-corrected chi connectivity index (χ4v) is 3.27. The number of H-pyrrole nitrogens is 1. The average molecular weight is 502 g/mol. The third-order valence-electron chi connectivity index (χ3n) is 4.82. The highest BCUT2D eigenvalue weighted by Gasteiger charge is 2.35. The van der Waals surface area contributed by atoms with Crippen molar-refractivity contribution < 1.29 is 32.2 Å². The highest BCUT2D eigenvalue weighted by atomic mass is 19.4. The second kappa shape index (κ2) is 9.85. The first-order valence-electron chi connectivity index (χ1n) is 10.4. The molecule has 2 N–H and O–H groups in total. The second-order valence-corrected chi connectivity index (χ2v) is 7.17. The number of carbonyl (C=O) groups excluding carboxylic acids is 2. The lowest BCUT2D eigenvalue weighted by atomic mass is 10.1. The number of hydrogen-bond acceptors (Lipinski definition) is 8. The molecule has 4 rings (SSSR count). The average Bonchev–Trinajstić information content (AvgIpc) is 3.30. The van der Waals surface area contributed by atoms with E-state index in [0.29, 0.717) is 11.8 Å². The highest BCUT2D eigenvalue weighted by Crippen LogP contribution is 2.36. The summed E-state index contributed by atoms with van der Waals surface area (Å²) >= 11 is 0. The summed E-state index contributed by atoms with van der Waals surface area (Å²) < 4.78 is 52.8. The molecule has 14 heteroatoms. The van der Waals surface area contributed by atoms with Crippen LogP contribution in [0.15, 0.2) is 53.8 Å². The van der Waals surface area contributed by atoms with Crippen molar-refractivity contribution in [2.45, 2.75) is 19.7 Å². The number of nitrogens with zero attached hydrogens (tertiary/aromatic N) is 4. The van der Waals surface area contributed by atoms with Crippen molar-refractivity contribution in [1.82, 2.24) is 24.5 Å². The number of fused-ring (bicyclic) bond motifs is 1. The molecule has 0 saturated carbocycles. The Balaban J connectivity index is 1.71. The van der Waals surface area contributed by atoms with Gasteiger partial charge >= 0.3 is 18.2 Å². The van der Waals surface area contributed by atoms with Crippen LogP contribution in [0.2, 0.25) is 0 Å². The molecule has 0 aliphatic carbocycles. The number of ether oxygens (including phenoxy) is 2. The van der Waals surface area contributed by atoms with Gasteiger partial charge in [0.1, 0.15) is 0 Å². The normalized spacial score (nSPS) is 11.3. The quantitative estimate of drug-likeness (QED) is 0.382. The summed E-state index contributed by atoms with van der Waals surface area (Å²) in [5.74, 6) is -1.04. The van der Waals surface area contributed by atoms with Crippen molar-refractivity contribution in [1.29, 1.82) is 0 Å². The number of hydrogen-bond donors (Lipinski definition) is 2. The Hall–Kier alpha value is -4.75. The first-order chi connectivity index (χ1) is 17.2. The number of imidazole rings is 1. The van der Waals surface area contributed by atoms with Gasteiger partial charge in [-0.2, -0.15) is 13.2 Å². The number of carbonyl (C=O) groups is 2. The van der Waals surface area contributed by atoms with Crippen molar-refractivity contribution in [3.63, 3.8) is 0 Å². The molecule has 0 aliphatic heterocycles. The van der Waals surface area contributed by atoms with Gasteiger partial charge in [0, 0.05) is 30.5 Å². The van der Waals surface area contributed by atoms with E-state index < -0.39 is 47.3 Å². The number of amides is 1. The van der Waals surface area contributed by atoms with Gasteiger partial charge in [-0.25, -0.2) is 19.6 Å². The zero-order valence-electron chi connectivity index (χ0n) is 18.5. The van der Waals surface area contributed by atoms with Crippen LogP contribution in [0.5, 0.6) is 0 Å². The number of esters is 1. The number of rotatable bonds is 6. The van der Waals surface area contributed by atoms with Gasteiger partial charge in [0.15, 0.2) is 12.4 Å². The van der Waals surface area contributed by atoms with E-state index in [-0.39, 0.29) is 23.5 Å². The van der Waals surface area contributed by atoms with Crippen molar-refractivity contribution in [2.24, 2.45) is 0 Å². The minimum Gasteiger partial charge on any atom is -0.461 e. The summed E-state index contributed by atoms with van der Waals surface area (Å²) in [4.78, 5) is 50.3. The van der Waals surface area contributed by atoms with E-state index in [0.717, 1.165) is 10.6 Å². The predicted octanol–water partition coefficient (Wildman–Crippen LogP) is 3.45. The first-order valence-corrected chi connectivity index (χ1v) is 10.4. The smallest absolute Gasteiger partial charge is 0.418 e. The van der Waals surface area contributed by atoms with Crippen molar-refractivity contribution in [3.05, 3.63) is 76.5 Å². The van der Waals surface area contributed by atoms with Gasteiger partial charge in [0.2, 0.25) is 5.69 Å². The Morgan fingerprint density at radius 3 is 2.58 bits per heavy atom. The Labute approximate surface area is 199 Å². The first kappa shape index (κ1) is 24.4. The Morgan fingerprint density at radius 2 is 1.89 bits per heavy atom. The lowest BCUT2D eigenvalue weighted by molar-refractivity contribution is -0.137. The second-order valence-electron chi connectivity index (χ2n) is 7.17. The summed E-state index contributed by atoms with van der Waals surface area (Å²) in [7, 11) is 0. The SMILES string of the molecule is CCOC(=O)c1nc2cc(-n3ccnc3COC(=O)Nc3ccncc3)c(C(F)(F)F)cc2[nH]c1=O. The van der Waals surface area contributed by atoms with E-state index >= 15 is 0 Å². The molecule has 0 saturated heterocycles. The van der Waals surface area contributed by atoms with Gasteiger partial charge in [-0.15, -0.1) is 0 Å². The number of alkyl halides is 3. The Morgan fingerprint density at radius 1 is 1.14 bits per heavy atom. The number of nitrogens with one attached hydrogen (secondary N) is 2. The molecule has 0 unspecified atom stereocenters. The molecule has 0 atom stereocenters. The lowest BCUT2D eigenvalue weighted by Gasteiger charge is -2.17. The number of anilines is 1. The van der Waals surface area contributed by atoms with E-state index in [9.17, 15) is 27.6 Å². The molecule has 0 spiro atoms. The molecule has 11 nitrogen and oxygen atoms in total. The molecule has 1 aromatic carbocycles. The summed E-state index contributed by atoms with van der Waals surface area (Å²) in [6.45, 7) is 1.04. The minimum absolute atomic E-state index is 0.0244. The van der Waals surface area contributed by atoms with E-state index in [1.54, 1.807) is 0 Å². The summed E-state index contributed by atoms with van der Waals surface area (Å²) in [6.07, 6.45) is -0.308. The zero-order chi connectivity index (χ0) is 25.9. The van der Waals surface area contributed by atoms with Crippen LogP contribution in [0.25, 0.3) is 16.7 Å². The van der Waals surface area contributed by atoms with Gasteiger partial charge < -0.3 is 19.0 Å². The molecular formula is C22H17F3N6O5. The fourth-order valence-electron chi connectivity index (χ4n) is 3.27. The number of aromatic nitrogens is 5. The molecule has 3 aromatic heterocycles. The highest BCUT2D eigenvalue weighted by molar-refractivity contribution is 5.90. The van der Waals surface area contributed by atoms with Crippen LogP contribution in [0.3, 0.4) is 0 Å². The molecule has 0 aliphatic rings. The molecular weight excluding hydrogens is 485 g/mol. The van der Waals surface area contributed by atoms with Crippen LogP contribution in [-0.2, 0) is 22.3 Å². The van der Waals surface area contributed by atoms with Gasteiger partial charge in [0.05, 0.1) is 28.9 Å². The maximum atomic E-state index is 13.9. The van der Waals surface area contributed by atoms with Crippen LogP contribution in [0, 0.1) is 0 Å². The number of aromatic amines is 1. The third-order valence-corrected chi connectivity index (χ3v) is 4.82. The molecule has 0 radical (unpaired) electrons. The maximum Gasteiger partial charge on any atom is 0.418 e. The van der Waals surface area contributed by atoms with E-state index in [1.165, 1.54) is 43.8 Å². The summed E-state index contributed by atoms with van der Waals surface area (Å²) in [5.41, 5.74) is -3.04. The van der Waals surface area contributed by atoms with Gasteiger partial charge in [0.25, 0.3) is 5.56 Å². The van der Waals surface area contributed by atoms with Crippen molar-refractivity contribution >= 4 is 28.8 Å². The van der Waals surface area contributed by atoms with Crippen LogP contribution in [-0.4, -0.2) is 43.2 Å². The molecule has 3 heterocycles. The van der Waals surface area contributed by atoms with E-state index in [1.807, 2.05) is 0 Å². The topological polar surface area (TPSA) is 141 Å². The fraction of sp³-hybridized carbons (Fsp3) is 0.182. The predicted molar refractivity (Wildman–Crippen MR) is 118 cm³/mol. The van der Waals surface area contributed by atoms with Gasteiger partial charge in [-0.05, 0) is 31.2 Å². The Kier molecular flexibility index (Phi) is 6.67. The minimum atomic E-state index is -4.83. The summed E-state index contributed by atoms with van der Waals surface area (Å²) in [6, 6.07) is 4.79. The molecule has 4 aromatic rings. The molecule has 36 heavy (non-hydrogen) atoms.